The molecule has 2 heterocycles. The minimum absolute atomic E-state index is 0.106. The molecule has 4 aromatic carbocycles. The van der Waals surface area contributed by atoms with Crippen LogP contribution in [0.25, 0.3) is 0 Å². The number of para-hydroxylation sites is 2. The molecule has 0 spiro atoms. The first kappa shape index (κ1) is 29.9. The summed E-state index contributed by atoms with van der Waals surface area (Å²) in [7, 11) is 3.09. The summed E-state index contributed by atoms with van der Waals surface area (Å²) in [6, 6.07) is 31.4. The lowest BCUT2D eigenvalue weighted by atomic mass is 9.86. The lowest BCUT2D eigenvalue weighted by molar-refractivity contribution is -0.161. The highest BCUT2D eigenvalue weighted by atomic mass is 16.5. The zero-order valence-corrected chi connectivity index (χ0v) is 25.3. The Bertz CT molecular complexity index is 1590. The van der Waals surface area contributed by atoms with E-state index in [2.05, 4.69) is 0 Å². The minimum Gasteiger partial charge on any atom is -0.496 e. The highest BCUT2D eigenvalue weighted by molar-refractivity contribution is 5.94. The van der Waals surface area contributed by atoms with Crippen LogP contribution in [0.3, 0.4) is 0 Å². The zero-order valence-electron chi connectivity index (χ0n) is 25.3. The Kier molecular flexibility index (Phi) is 8.56. The Morgan fingerprint density at radius 1 is 0.667 bits per heavy atom. The Labute approximate surface area is 262 Å². The van der Waals surface area contributed by atoms with E-state index in [4.69, 9.17) is 9.47 Å². The number of methoxy groups -OCH3 is 2. The van der Waals surface area contributed by atoms with E-state index in [-0.39, 0.29) is 24.4 Å². The van der Waals surface area contributed by atoms with E-state index in [1.165, 1.54) is 4.90 Å². The zero-order chi connectivity index (χ0) is 31.5. The van der Waals surface area contributed by atoms with Crippen molar-refractivity contribution in [1.29, 1.82) is 0 Å². The molecule has 2 saturated heterocycles. The predicted octanol–water partition coefficient (Wildman–Crippen LogP) is 5.32. The topological polar surface area (TPSA) is 96.4 Å². The molecule has 0 aromatic heterocycles. The summed E-state index contributed by atoms with van der Waals surface area (Å²) in [5.41, 5.74) is 2.90. The number of piperazine rings is 1. The summed E-state index contributed by atoms with van der Waals surface area (Å²) in [6.45, 7) is 0.106. The number of aliphatic carboxylic acids is 1. The van der Waals surface area contributed by atoms with Gasteiger partial charge in [0.2, 0.25) is 11.8 Å². The summed E-state index contributed by atoms with van der Waals surface area (Å²) in [5.74, 6) is -2.11. The first-order valence-corrected chi connectivity index (χ1v) is 15.2. The van der Waals surface area contributed by atoms with Crippen LogP contribution in [0.4, 0.5) is 0 Å². The Morgan fingerprint density at radius 2 is 1.16 bits per heavy atom. The highest BCUT2D eigenvalue weighted by Crippen LogP contribution is 2.43. The lowest BCUT2D eigenvalue weighted by Crippen LogP contribution is -2.66. The number of amides is 2. The molecule has 1 N–H and O–H groups in total. The number of carboxylic acids is 1. The molecule has 2 aliphatic heterocycles. The number of hydrogen-bond acceptors (Lipinski definition) is 5. The fourth-order valence-corrected chi connectivity index (χ4v) is 7.14. The van der Waals surface area contributed by atoms with E-state index < -0.39 is 29.9 Å². The maximum Gasteiger partial charge on any atom is 0.328 e. The van der Waals surface area contributed by atoms with Crippen molar-refractivity contribution in [3.05, 3.63) is 131 Å². The number of carbonyl (C=O) groups is 3. The number of hydrogen-bond donors (Lipinski definition) is 1. The van der Waals surface area contributed by atoms with Crippen molar-refractivity contribution >= 4 is 17.8 Å². The molecule has 2 amide bonds. The van der Waals surface area contributed by atoms with Crippen LogP contribution in [0.5, 0.6) is 11.5 Å². The van der Waals surface area contributed by atoms with E-state index in [9.17, 15) is 19.5 Å². The van der Waals surface area contributed by atoms with Crippen molar-refractivity contribution < 1.29 is 29.0 Å². The molecule has 6 rings (SSSR count). The average molecular weight is 605 g/mol. The van der Waals surface area contributed by atoms with E-state index >= 15 is 0 Å². The number of ether oxygens (including phenoxy) is 2. The van der Waals surface area contributed by atoms with Crippen LogP contribution in [0.2, 0.25) is 0 Å². The third kappa shape index (κ3) is 5.52. The number of carboxylic acid groups (broad SMARTS) is 1. The van der Waals surface area contributed by atoms with Crippen molar-refractivity contribution in [3.8, 4) is 11.5 Å². The molecule has 1 unspecified atom stereocenters. The normalized spacial score (nSPS) is 19.1. The van der Waals surface area contributed by atoms with Gasteiger partial charge in [-0.15, -0.1) is 0 Å². The van der Waals surface area contributed by atoms with Gasteiger partial charge < -0.3 is 24.4 Å². The molecule has 0 aliphatic carbocycles. The highest BCUT2D eigenvalue weighted by Gasteiger charge is 2.54. The summed E-state index contributed by atoms with van der Waals surface area (Å²) >= 11 is 0. The van der Waals surface area contributed by atoms with Gasteiger partial charge in [-0.05, 0) is 36.1 Å². The monoisotopic (exact) mass is 604 g/mol. The van der Waals surface area contributed by atoms with Gasteiger partial charge in [-0.3, -0.25) is 9.59 Å². The van der Waals surface area contributed by atoms with E-state index in [1.54, 1.807) is 31.3 Å². The predicted molar refractivity (Wildman–Crippen MR) is 169 cm³/mol. The van der Waals surface area contributed by atoms with Gasteiger partial charge in [0.05, 0.1) is 32.1 Å². The lowest BCUT2D eigenvalue weighted by Gasteiger charge is -2.47. The van der Waals surface area contributed by atoms with Gasteiger partial charge in [0.15, 0.2) is 0 Å². The van der Waals surface area contributed by atoms with Crippen LogP contribution < -0.4 is 9.47 Å². The van der Waals surface area contributed by atoms with Crippen molar-refractivity contribution in [3.63, 3.8) is 0 Å². The Morgan fingerprint density at radius 3 is 1.64 bits per heavy atom. The third-order valence-electron chi connectivity index (χ3n) is 9.10. The fourth-order valence-electron chi connectivity index (χ4n) is 7.14. The molecule has 4 aromatic rings. The number of nitrogens with zero attached hydrogens (tertiary/aromatic N) is 2. The van der Waals surface area contributed by atoms with Gasteiger partial charge in [-0.25, -0.2) is 4.79 Å². The molecule has 0 radical (unpaired) electrons. The summed E-state index contributed by atoms with van der Waals surface area (Å²) in [6.07, 6.45) is 1.09. The Hall–Kier alpha value is -5.11. The van der Waals surface area contributed by atoms with E-state index in [0.717, 1.165) is 11.1 Å². The number of fused-ring (bicyclic) bond motifs is 2. The van der Waals surface area contributed by atoms with Crippen molar-refractivity contribution in [2.45, 2.75) is 42.8 Å². The molecule has 45 heavy (non-hydrogen) atoms. The van der Waals surface area contributed by atoms with Crippen LogP contribution in [0.1, 0.15) is 46.9 Å². The van der Waals surface area contributed by atoms with Gasteiger partial charge in [-0.1, -0.05) is 97.1 Å². The fraction of sp³-hybridized carbons (Fsp3) is 0.270. The molecule has 8 heteroatoms. The van der Waals surface area contributed by atoms with Gasteiger partial charge in [0.1, 0.15) is 17.5 Å². The largest absolute Gasteiger partial charge is 0.496 e. The van der Waals surface area contributed by atoms with E-state index in [0.29, 0.717) is 35.5 Å². The van der Waals surface area contributed by atoms with Crippen LogP contribution in [0, 0.1) is 0 Å². The molecule has 8 nitrogen and oxygen atoms in total. The molecule has 2 aliphatic rings. The molecule has 0 saturated carbocycles. The number of benzene rings is 4. The number of likely N-dealkylation sites (tertiary alicyclic amines) is 1. The minimum atomic E-state index is -1.22. The van der Waals surface area contributed by atoms with Crippen molar-refractivity contribution in [1.82, 2.24) is 9.80 Å². The average Bonchev–Trinajstić information content (AvgIpc) is 3.38. The van der Waals surface area contributed by atoms with Gasteiger partial charge in [-0.2, -0.15) is 0 Å². The van der Waals surface area contributed by atoms with Crippen LogP contribution in [-0.4, -0.2) is 71.6 Å². The standard InChI is InChI=1S/C37H36N2O6/c1-44-30-19-11-9-17-27(30)33(28-18-10-12-20-31(28)45-2)35(40)38-23-26-21-22-29(34(38)37(42)43)39(26)36(41)32(24-13-5-3-6-14-24)25-15-7-4-8-16-25/h3-20,26,29,32-34H,21-23H2,1-2H3,(H,42,43)/t26?,29-,34+/m1/s1. The summed E-state index contributed by atoms with van der Waals surface area (Å²) in [5, 5.41) is 10.7. The van der Waals surface area contributed by atoms with Crippen molar-refractivity contribution in [2.24, 2.45) is 0 Å². The smallest absolute Gasteiger partial charge is 0.328 e. The molecule has 2 fully saturated rings. The van der Waals surface area contributed by atoms with Crippen molar-refractivity contribution in [2.75, 3.05) is 20.8 Å². The van der Waals surface area contributed by atoms with E-state index in [1.807, 2.05) is 97.1 Å². The van der Waals surface area contributed by atoms with Crippen LogP contribution in [0.15, 0.2) is 109 Å². The third-order valence-corrected chi connectivity index (χ3v) is 9.10. The number of carbonyl (C=O) groups excluding carboxylic acids is 2. The second-order valence-corrected chi connectivity index (χ2v) is 11.5. The molecule has 3 atom stereocenters. The van der Waals surface area contributed by atoms with Gasteiger partial charge in [0, 0.05) is 23.7 Å². The summed E-state index contributed by atoms with van der Waals surface area (Å²) in [4.78, 5) is 45.6. The molecular weight excluding hydrogens is 568 g/mol. The molecule has 230 valence electrons. The molecular formula is C37H36N2O6. The SMILES string of the molecule is COc1ccccc1C(C(=O)N1CC2CC[C@H]([C@H]1C(=O)O)N2C(=O)C(c1ccccc1)c1ccccc1)c1ccccc1OC. The second-order valence-electron chi connectivity index (χ2n) is 11.5. The van der Waals surface area contributed by atoms with Crippen LogP contribution in [-0.2, 0) is 14.4 Å². The Balaban J connectivity index is 1.40. The first-order chi connectivity index (χ1) is 21.9. The van der Waals surface area contributed by atoms with Gasteiger partial charge >= 0.3 is 5.97 Å². The number of rotatable bonds is 9. The first-order valence-electron chi connectivity index (χ1n) is 15.2. The van der Waals surface area contributed by atoms with Crippen LogP contribution >= 0.6 is 0 Å². The molecule has 2 bridgehead atoms. The van der Waals surface area contributed by atoms with Gasteiger partial charge in [0.25, 0.3) is 0 Å². The summed E-state index contributed by atoms with van der Waals surface area (Å²) < 4.78 is 11.3. The maximum absolute atomic E-state index is 14.8. The second kappa shape index (κ2) is 12.9. The quantitative estimate of drug-likeness (QED) is 0.278. The maximum atomic E-state index is 14.8.